The summed E-state index contributed by atoms with van der Waals surface area (Å²) >= 11 is 0. The number of aliphatic hydroxyl groups is 1. The van der Waals surface area contributed by atoms with Crippen molar-refractivity contribution in [2.24, 2.45) is 0 Å². The maximum Gasteiger partial charge on any atom is 0.304 e. The Morgan fingerprint density at radius 2 is 1.95 bits per heavy atom. The fraction of sp³-hybridized carbons (Fsp3) is 0.571. The third-order valence-corrected chi connectivity index (χ3v) is 5.80. The molecule has 1 aromatic carbocycles. The van der Waals surface area contributed by atoms with Crippen LogP contribution in [-0.4, -0.2) is 44.1 Å². The van der Waals surface area contributed by atoms with E-state index in [1.807, 2.05) is 19.1 Å². The van der Waals surface area contributed by atoms with Gasteiger partial charge in [-0.05, 0) is 31.9 Å². The van der Waals surface area contributed by atoms with Crippen LogP contribution in [0, 0.1) is 6.92 Å². The van der Waals surface area contributed by atoms with Crippen molar-refractivity contribution in [1.29, 1.82) is 0 Å². The van der Waals surface area contributed by atoms with Crippen molar-refractivity contribution in [3.8, 4) is 0 Å². The predicted octanol–water partition coefficient (Wildman–Crippen LogP) is 1.52. The van der Waals surface area contributed by atoms with E-state index in [4.69, 9.17) is 0 Å². The first kappa shape index (κ1) is 15.3. The van der Waals surface area contributed by atoms with Crippen molar-refractivity contribution in [1.82, 2.24) is 4.31 Å². The first-order valence-electron chi connectivity index (χ1n) is 6.90. The summed E-state index contributed by atoms with van der Waals surface area (Å²) in [7, 11) is -2.02. The largest absolute Gasteiger partial charge is 0.395 e. The SMILES string of the molecule is Cc1ccc(N(C)S(=O)(=O)N2CCCCC2CO)cc1. The Hall–Kier alpha value is -1.11. The molecule has 1 heterocycles. The van der Waals surface area contributed by atoms with Gasteiger partial charge in [-0.15, -0.1) is 0 Å². The Kier molecular flexibility index (Phi) is 4.67. The summed E-state index contributed by atoms with van der Waals surface area (Å²) in [6.45, 7) is 2.31. The van der Waals surface area contributed by atoms with Gasteiger partial charge in [0.15, 0.2) is 0 Å². The Bertz CT molecular complexity index is 542. The van der Waals surface area contributed by atoms with E-state index in [1.54, 1.807) is 19.2 Å². The molecule has 112 valence electrons. The first-order chi connectivity index (χ1) is 9.46. The van der Waals surface area contributed by atoms with Crippen molar-refractivity contribution < 1.29 is 13.5 Å². The zero-order valence-electron chi connectivity index (χ0n) is 12.0. The third kappa shape index (κ3) is 2.97. The van der Waals surface area contributed by atoms with Gasteiger partial charge in [-0.3, -0.25) is 4.31 Å². The first-order valence-corrected chi connectivity index (χ1v) is 8.29. The summed E-state index contributed by atoms with van der Waals surface area (Å²) in [5, 5.41) is 9.39. The summed E-state index contributed by atoms with van der Waals surface area (Å²) in [6.07, 6.45) is 2.53. The normalized spacial score (nSPS) is 20.9. The van der Waals surface area contributed by atoms with E-state index in [0.717, 1.165) is 24.8 Å². The van der Waals surface area contributed by atoms with Crippen LogP contribution in [0.3, 0.4) is 0 Å². The highest BCUT2D eigenvalue weighted by Crippen LogP contribution is 2.25. The lowest BCUT2D eigenvalue weighted by molar-refractivity contribution is 0.155. The highest BCUT2D eigenvalue weighted by Gasteiger charge is 2.34. The monoisotopic (exact) mass is 298 g/mol. The standard InChI is InChI=1S/C14H22N2O3S/c1-12-6-8-13(9-7-12)15(2)20(18,19)16-10-4-3-5-14(16)11-17/h6-9,14,17H,3-5,10-11H2,1-2H3. The molecule has 1 saturated heterocycles. The van der Waals surface area contributed by atoms with Gasteiger partial charge >= 0.3 is 10.2 Å². The van der Waals surface area contributed by atoms with Crippen molar-refractivity contribution in [2.75, 3.05) is 24.5 Å². The fourth-order valence-corrected chi connectivity index (χ4v) is 4.12. The maximum atomic E-state index is 12.7. The Morgan fingerprint density at radius 1 is 1.30 bits per heavy atom. The molecule has 2 rings (SSSR count). The van der Waals surface area contributed by atoms with Crippen LogP contribution >= 0.6 is 0 Å². The minimum absolute atomic E-state index is 0.124. The second-order valence-electron chi connectivity index (χ2n) is 5.25. The Labute approximate surface area is 121 Å². The smallest absolute Gasteiger partial charge is 0.304 e. The molecule has 1 atom stereocenters. The zero-order valence-corrected chi connectivity index (χ0v) is 12.8. The van der Waals surface area contributed by atoms with Crippen molar-refractivity contribution in [3.63, 3.8) is 0 Å². The van der Waals surface area contributed by atoms with E-state index in [2.05, 4.69) is 0 Å². The van der Waals surface area contributed by atoms with Crippen LogP contribution in [0.1, 0.15) is 24.8 Å². The van der Waals surface area contributed by atoms with Gasteiger partial charge in [-0.25, -0.2) is 0 Å². The summed E-state index contributed by atoms with van der Waals surface area (Å²) in [4.78, 5) is 0. The minimum atomic E-state index is -3.58. The topological polar surface area (TPSA) is 60.9 Å². The molecule has 1 unspecified atom stereocenters. The predicted molar refractivity (Wildman–Crippen MR) is 79.9 cm³/mol. The van der Waals surface area contributed by atoms with E-state index in [0.29, 0.717) is 12.2 Å². The molecule has 1 fully saturated rings. The number of anilines is 1. The highest BCUT2D eigenvalue weighted by molar-refractivity contribution is 7.90. The number of hydrogen-bond donors (Lipinski definition) is 1. The molecule has 6 heteroatoms. The third-order valence-electron chi connectivity index (χ3n) is 3.82. The van der Waals surface area contributed by atoms with E-state index >= 15 is 0 Å². The van der Waals surface area contributed by atoms with Crippen LogP contribution in [0.25, 0.3) is 0 Å². The summed E-state index contributed by atoms with van der Waals surface area (Å²) in [5.74, 6) is 0. The average Bonchev–Trinajstić information content (AvgIpc) is 2.47. The van der Waals surface area contributed by atoms with Gasteiger partial charge in [0, 0.05) is 19.6 Å². The summed E-state index contributed by atoms with van der Waals surface area (Å²) < 4.78 is 28.1. The number of nitrogens with zero attached hydrogens (tertiary/aromatic N) is 2. The summed E-state index contributed by atoms with van der Waals surface area (Å²) in [6, 6.07) is 7.07. The van der Waals surface area contributed by atoms with Crippen LogP contribution in [0.4, 0.5) is 5.69 Å². The van der Waals surface area contributed by atoms with Gasteiger partial charge < -0.3 is 5.11 Å². The van der Waals surface area contributed by atoms with Gasteiger partial charge in [0.05, 0.1) is 12.3 Å². The lowest BCUT2D eigenvalue weighted by atomic mass is 10.1. The van der Waals surface area contributed by atoms with Gasteiger partial charge in [0.1, 0.15) is 0 Å². The number of hydrogen-bond acceptors (Lipinski definition) is 3. The van der Waals surface area contributed by atoms with Crippen LogP contribution in [0.2, 0.25) is 0 Å². The number of piperidine rings is 1. The van der Waals surface area contributed by atoms with Crippen LogP contribution in [0.15, 0.2) is 24.3 Å². The molecule has 0 amide bonds. The molecule has 0 bridgehead atoms. The number of aryl methyl sites for hydroxylation is 1. The lowest BCUT2D eigenvalue weighted by Crippen LogP contribution is -2.51. The molecule has 0 saturated carbocycles. The van der Waals surface area contributed by atoms with Crippen LogP contribution in [0.5, 0.6) is 0 Å². The van der Waals surface area contributed by atoms with Crippen molar-refractivity contribution in [3.05, 3.63) is 29.8 Å². The molecule has 20 heavy (non-hydrogen) atoms. The molecular formula is C14H22N2O3S. The zero-order chi connectivity index (χ0) is 14.8. The van der Waals surface area contributed by atoms with Gasteiger partial charge in [-0.2, -0.15) is 12.7 Å². The van der Waals surface area contributed by atoms with Crippen LogP contribution in [-0.2, 0) is 10.2 Å². The molecule has 0 radical (unpaired) electrons. The molecular weight excluding hydrogens is 276 g/mol. The van der Waals surface area contributed by atoms with E-state index in [-0.39, 0.29) is 12.6 Å². The van der Waals surface area contributed by atoms with Crippen molar-refractivity contribution in [2.45, 2.75) is 32.2 Å². The maximum absolute atomic E-state index is 12.7. The quantitative estimate of drug-likeness (QED) is 0.917. The Morgan fingerprint density at radius 3 is 2.55 bits per heavy atom. The lowest BCUT2D eigenvalue weighted by Gasteiger charge is -2.36. The second kappa shape index (κ2) is 6.11. The Balaban J connectivity index is 2.26. The van der Waals surface area contributed by atoms with E-state index < -0.39 is 10.2 Å². The fourth-order valence-electron chi connectivity index (χ4n) is 2.51. The van der Waals surface area contributed by atoms with Gasteiger partial charge in [0.25, 0.3) is 0 Å². The molecule has 1 aliphatic heterocycles. The molecule has 1 aromatic rings. The minimum Gasteiger partial charge on any atom is -0.395 e. The van der Waals surface area contributed by atoms with E-state index in [9.17, 15) is 13.5 Å². The number of aliphatic hydroxyl groups excluding tert-OH is 1. The molecule has 1 aliphatic rings. The van der Waals surface area contributed by atoms with Gasteiger partial charge in [-0.1, -0.05) is 24.1 Å². The average molecular weight is 298 g/mol. The van der Waals surface area contributed by atoms with E-state index in [1.165, 1.54) is 8.61 Å². The molecule has 0 aromatic heterocycles. The second-order valence-corrected chi connectivity index (χ2v) is 7.17. The highest BCUT2D eigenvalue weighted by atomic mass is 32.2. The van der Waals surface area contributed by atoms with Crippen LogP contribution < -0.4 is 4.31 Å². The van der Waals surface area contributed by atoms with Crippen molar-refractivity contribution >= 4 is 15.9 Å². The molecule has 5 nitrogen and oxygen atoms in total. The van der Waals surface area contributed by atoms with Gasteiger partial charge in [0.2, 0.25) is 0 Å². The molecule has 1 N–H and O–H groups in total. The number of rotatable bonds is 4. The molecule has 0 spiro atoms. The number of benzene rings is 1. The molecule has 0 aliphatic carbocycles. The summed E-state index contributed by atoms with van der Waals surface area (Å²) in [5.41, 5.74) is 1.73.